The smallest absolute Gasteiger partial charge is 0.225 e. The van der Waals surface area contributed by atoms with Crippen molar-refractivity contribution < 1.29 is 4.79 Å². The highest BCUT2D eigenvalue weighted by atomic mass is 35.5. The molecule has 116 valence electrons. The molecule has 0 aromatic rings. The predicted molar refractivity (Wildman–Crippen MR) is 84.1 cm³/mol. The van der Waals surface area contributed by atoms with E-state index in [1.54, 1.807) is 0 Å². The molecule has 2 aliphatic heterocycles. The number of amides is 1. The van der Waals surface area contributed by atoms with E-state index in [-0.39, 0.29) is 18.3 Å². The van der Waals surface area contributed by atoms with Gasteiger partial charge in [0.1, 0.15) is 0 Å². The lowest BCUT2D eigenvalue weighted by molar-refractivity contribution is -0.138. The van der Waals surface area contributed by atoms with Gasteiger partial charge in [0, 0.05) is 24.5 Å². The van der Waals surface area contributed by atoms with E-state index in [4.69, 9.17) is 0 Å². The number of fused-ring (bicyclic) bond motifs is 2. The van der Waals surface area contributed by atoms with Crippen LogP contribution in [0.25, 0.3) is 0 Å². The molecule has 3 aliphatic rings. The molecule has 2 bridgehead atoms. The second-order valence-electron chi connectivity index (χ2n) is 6.91. The van der Waals surface area contributed by atoms with Gasteiger partial charge in [-0.3, -0.25) is 4.79 Å². The molecule has 2 heterocycles. The third-order valence-electron chi connectivity index (χ3n) is 5.49. The number of nitrogens with zero attached hydrogens (tertiary/aromatic N) is 1. The molecule has 3 rings (SSSR count). The topological polar surface area (TPSA) is 32.3 Å². The van der Waals surface area contributed by atoms with Crippen LogP contribution in [0.5, 0.6) is 0 Å². The average Bonchev–Trinajstić information content (AvgIpc) is 2.95. The molecule has 1 amide bonds. The van der Waals surface area contributed by atoms with Gasteiger partial charge in [0.25, 0.3) is 0 Å². The van der Waals surface area contributed by atoms with Gasteiger partial charge in [0.15, 0.2) is 0 Å². The molecule has 2 saturated heterocycles. The van der Waals surface area contributed by atoms with Crippen LogP contribution in [0, 0.1) is 11.8 Å². The zero-order chi connectivity index (χ0) is 13.2. The Kier molecular flexibility index (Phi) is 5.74. The number of carbonyl (C=O) groups is 1. The number of carbonyl (C=O) groups excluding carboxylic acids is 1. The largest absolute Gasteiger partial charge is 0.335 e. The zero-order valence-electron chi connectivity index (χ0n) is 12.6. The molecule has 0 aromatic carbocycles. The number of halogens is 1. The number of rotatable bonds is 3. The van der Waals surface area contributed by atoms with Crippen molar-refractivity contribution in [2.45, 2.75) is 70.4 Å². The summed E-state index contributed by atoms with van der Waals surface area (Å²) in [5.41, 5.74) is 0. The van der Waals surface area contributed by atoms with Gasteiger partial charge in [-0.25, -0.2) is 0 Å². The Hall–Kier alpha value is -0.280. The molecule has 0 spiro atoms. The number of hydrogen-bond acceptors (Lipinski definition) is 2. The standard InChI is InChI=1S/C16H28N2O.ClH/c1-12(10-13-4-2-3-5-13)16(19)18-14-6-7-15(18)11-17-9-8-14;/h12-15,17H,2-11H2,1H3;1H. The summed E-state index contributed by atoms with van der Waals surface area (Å²) in [6.45, 7) is 4.26. The van der Waals surface area contributed by atoms with Crippen LogP contribution < -0.4 is 5.32 Å². The highest BCUT2D eigenvalue weighted by Crippen LogP contribution is 2.34. The quantitative estimate of drug-likeness (QED) is 0.869. The molecule has 3 nitrogen and oxygen atoms in total. The van der Waals surface area contributed by atoms with Gasteiger partial charge in [0.05, 0.1) is 0 Å². The van der Waals surface area contributed by atoms with E-state index in [0.717, 1.165) is 31.8 Å². The maximum absolute atomic E-state index is 12.8. The first-order chi connectivity index (χ1) is 9.25. The third kappa shape index (κ3) is 3.30. The minimum absolute atomic E-state index is 0. The lowest BCUT2D eigenvalue weighted by Gasteiger charge is -2.31. The SMILES string of the molecule is CC(CC1CCCC1)C(=O)N1C2CCNCC1CC2.Cl. The van der Waals surface area contributed by atoms with E-state index in [1.807, 2.05) is 0 Å². The van der Waals surface area contributed by atoms with E-state index < -0.39 is 0 Å². The fraction of sp³-hybridized carbons (Fsp3) is 0.938. The highest BCUT2D eigenvalue weighted by Gasteiger charge is 2.39. The van der Waals surface area contributed by atoms with Gasteiger partial charge in [-0.15, -0.1) is 12.4 Å². The fourth-order valence-electron chi connectivity index (χ4n) is 4.44. The second kappa shape index (κ2) is 7.13. The first-order valence-electron chi connectivity index (χ1n) is 8.28. The van der Waals surface area contributed by atoms with Gasteiger partial charge in [-0.05, 0) is 38.1 Å². The van der Waals surface area contributed by atoms with Crippen molar-refractivity contribution in [2.75, 3.05) is 13.1 Å². The maximum atomic E-state index is 12.8. The van der Waals surface area contributed by atoms with Crippen molar-refractivity contribution in [1.29, 1.82) is 0 Å². The van der Waals surface area contributed by atoms with E-state index in [1.165, 1.54) is 38.5 Å². The summed E-state index contributed by atoms with van der Waals surface area (Å²) in [4.78, 5) is 15.1. The Balaban J connectivity index is 0.00000147. The maximum Gasteiger partial charge on any atom is 0.225 e. The summed E-state index contributed by atoms with van der Waals surface area (Å²) in [5.74, 6) is 1.51. The molecule has 0 aromatic heterocycles. The van der Waals surface area contributed by atoms with Gasteiger partial charge in [-0.2, -0.15) is 0 Å². The van der Waals surface area contributed by atoms with Gasteiger partial charge in [0.2, 0.25) is 5.91 Å². The molecule has 1 aliphatic carbocycles. The first kappa shape index (κ1) is 16.1. The molecule has 3 unspecified atom stereocenters. The van der Waals surface area contributed by atoms with Crippen molar-refractivity contribution in [2.24, 2.45) is 11.8 Å². The monoisotopic (exact) mass is 300 g/mol. The van der Waals surface area contributed by atoms with E-state index >= 15 is 0 Å². The molecule has 3 atom stereocenters. The average molecular weight is 301 g/mol. The van der Waals surface area contributed by atoms with E-state index in [9.17, 15) is 4.79 Å². The molecule has 4 heteroatoms. The van der Waals surface area contributed by atoms with Crippen molar-refractivity contribution in [3.63, 3.8) is 0 Å². The summed E-state index contributed by atoms with van der Waals surface area (Å²) >= 11 is 0. The Labute approximate surface area is 129 Å². The zero-order valence-corrected chi connectivity index (χ0v) is 13.5. The lowest BCUT2D eigenvalue weighted by atomic mass is 9.93. The molecule has 1 saturated carbocycles. The van der Waals surface area contributed by atoms with Gasteiger partial charge < -0.3 is 10.2 Å². The van der Waals surface area contributed by atoms with Crippen LogP contribution in [-0.4, -0.2) is 36.0 Å². The Morgan fingerprint density at radius 1 is 1.15 bits per heavy atom. The summed E-state index contributed by atoms with van der Waals surface area (Å²) in [7, 11) is 0. The molecule has 1 N–H and O–H groups in total. The number of nitrogens with one attached hydrogen (secondary N) is 1. The Morgan fingerprint density at radius 3 is 2.60 bits per heavy atom. The van der Waals surface area contributed by atoms with Crippen molar-refractivity contribution >= 4 is 18.3 Å². The van der Waals surface area contributed by atoms with E-state index in [2.05, 4.69) is 17.1 Å². The third-order valence-corrected chi connectivity index (χ3v) is 5.49. The van der Waals surface area contributed by atoms with Crippen LogP contribution in [0.2, 0.25) is 0 Å². The normalized spacial score (nSPS) is 31.8. The van der Waals surface area contributed by atoms with Crippen molar-refractivity contribution in [1.82, 2.24) is 10.2 Å². The Morgan fingerprint density at radius 2 is 1.85 bits per heavy atom. The van der Waals surface area contributed by atoms with Crippen molar-refractivity contribution in [3.05, 3.63) is 0 Å². The van der Waals surface area contributed by atoms with Crippen LogP contribution in [0.1, 0.15) is 58.3 Å². The lowest BCUT2D eigenvalue weighted by Crippen LogP contribution is -2.45. The molecular formula is C16H29ClN2O. The molecule has 0 radical (unpaired) electrons. The van der Waals surface area contributed by atoms with Crippen molar-refractivity contribution in [3.8, 4) is 0 Å². The van der Waals surface area contributed by atoms with Gasteiger partial charge >= 0.3 is 0 Å². The minimum Gasteiger partial charge on any atom is -0.335 e. The summed E-state index contributed by atoms with van der Waals surface area (Å²) in [6.07, 6.45) is 10.2. The molecular weight excluding hydrogens is 272 g/mol. The van der Waals surface area contributed by atoms with Crippen LogP contribution in [0.3, 0.4) is 0 Å². The predicted octanol–water partition coefficient (Wildman–Crippen LogP) is 2.98. The molecule has 3 fully saturated rings. The summed E-state index contributed by atoms with van der Waals surface area (Å²) in [5, 5.41) is 3.48. The Bertz CT molecular complexity index is 316. The fourth-order valence-corrected chi connectivity index (χ4v) is 4.44. The second-order valence-corrected chi connectivity index (χ2v) is 6.91. The highest BCUT2D eigenvalue weighted by molar-refractivity contribution is 5.85. The van der Waals surface area contributed by atoms with Crippen LogP contribution in [0.4, 0.5) is 0 Å². The number of hydrogen-bond donors (Lipinski definition) is 1. The first-order valence-corrected chi connectivity index (χ1v) is 8.28. The molecule has 20 heavy (non-hydrogen) atoms. The van der Waals surface area contributed by atoms with Crippen LogP contribution >= 0.6 is 12.4 Å². The van der Waals surface area contributed by atoms with Crippen LogP contribution in [-0.2, 0) is 4.79 Å². The summed E-state index contributed by atoms with van der Waals surface area (Å²) in [6, 6.07) is 1.00. The van der Waals surface area contributed by atoms with Gasteiger partial charge in [-0.1, -0.05) is 32.6 Å². The summed E-state index contributed by atoms with van der Waals surface area (Å²) < 4.78 is 0. The minimum atomic E-state index is 0. The van der Waals surface area contributed by atoms with Crippen LogP contribution in [0.15, 0.2) is 0 Å². The van der Waals surface area contributed by atoms with E-state index in [0.29, 0.717) is 18.0 Å².